The van der Waals surface area contributed by atoms with Crippen LogP contribution in [0.15, 0.2) is 42.5 Å². The molecule has 1 saturated heterocycles. The number of nitrogens with zero attached hydrogens (tertiary/aromatic N) is 3. The van der Waals surface area contributed by atoms with Crippen molar-refractivity contribution in [1.82, 2.24) is 14.5 Å². The van der Waals surface area contributed by atoms with Crippen molar-refractivity contribution in [3.05, 3.63) is 63.9 Å². The fourth-order valence-electron chi connectivity index (χ4n) is 3.64. The highest BCUT2D eigenvalue weighted by Gasteiger charge is 2.27. The Labute approximate surface area is 173 Å². The minimum Gasteiger partial charge on any atom is -0.378 e. The van der Waals surface area contributed by atoms with Crippen molar-refractivity contribution < 1.29 is 9.53 Å². The molecule has 146 valence electrons. The van der Waals surface area contributed by atoms with Gasteiger partial charge in [-0.05, 0) is 36.8 Å². The second kappa shape index (κ2) is 8.11. The number of benzene rings is 2. The van der Waals surface area contributed by atoms with Gasteiger partial charge in [0, 0.05) is 19.5 Å². The maximum atomic E-state index is 13.1. The molecule has 0 bridgehead atoms. The van der Waals surface area contributed by atoms with E-state index >= 15 is 0 Å². The summed E-state index contributed by atoms with van der Waals surface area (Å²) in [5.74, 6) is 0.913. The number of carbonyl (C=O) groups excluding carboxylic acids is 1. The molecule has 0 spiro atoms. The number of ether oxygens (including phenoxy) is 1. The molecule has 1 atom stereocenters. The van der Waals surface area contributed by atoms with Crippen molar-refractivity contribution in [1.29, 1.82) is 0 Å². The average molecular weight is 418 g/mol. The highest BCUT2D eigenvalue weighted by Crippen LogP contribution is 2.27. The number of rotatable bonds is 4. The van der Waals surface area contributed by atoms with Gasteiger partial charge in [0.05, 0.1) is 34.3 Å². The number of aromatic nitrogens is 2. The highest BCUT2D eigenvalue weighted by atomic mass is 35.5. The largest absolute Gasteiger partial charge is 0.378 e. The molecule has 1 aliphatic rings. The van der Waals surface area contributed by atoms with Gasteiger partial charge >= 0.3 is 0 Å². The molecule has 1 aromatic heterocycles. The van der Waals surface area contributed by atoms with Crippen molar-refractivity contribution in [3.63, 3.8) is 0 Å². The normalized spacial score (nSPS) is 15.8. The number of hydrogen-bond acceptors (Lipinski definition) is 3. The van der Waals surface area contributed by atoms with E-state index in [2.05, 4.69) is 0 Å². The van der Waals surface area contributed by atoms with Crippen LogP contribution in [0.25, 0.3) is 11.0 Å². The minimum atomic E-state index is -0.358. The van der Waals surface area contributed by atoms with Crippen LogP contribution in [0.5, 0.6) is 0 Å². The molecular formula is C21H21Cl2N3O2. The Morgan fingerprint density at radius 3 is 2.64 bits per heavy atom. The first-order valence-corrected chi connectivity index (χ1v) is 10.1. The van der Waals surface area contributed by atoms with Crippen LogP contribution in [0.1, 0.15) is 24.4 Å². The topological polar surface area (TPSA) is 47.4 Å². The van der Waals surface area contributed by atoms with E-state index in [0.717, 1.165) is 22.4 Å². The molecule has 1 unspecified atom stereocenters. The predicted molar refractivity (Wildman–Crippen MR) is 111 cm³/mol. The van der Waals surface area contributed by atoms with Crippen molar-refractivity contribution in [2.24, 2.45) is 0 Å². The number of fused-ring (bicyclic) bond motifs is 1. The van der Waals surface area contributed by atoms with E-state index in [1.807, 2.05) is 52.8 Å². The predicted octanol–water partition coefficient (Wildman–Crippen LogP) is 4.35. The first kappa shape index (κ1) is 19.2. The van der Waals surface area contributed by atoms with Crippen molar-refractivity contribution in [3.8, 4) is 0 Å². The standard InChI is InChI=1S/C21H21Cl2N3O2/c1-14(21(27)25-8-10-28-11-9-25)26-19-5-3-2-4-18(19)24-20(26)13-15-6-7-16(22)17(23)12-15/h2-7,12,14H,8-11,13H2,1H3. The summed E-state index contributed by atoms with van der Waals surface area (Å²) in [6.07, 6.45) is 0.562. The average Bonchev–Trinajstić information content (AvgIpc) is 3.08. The van der Waals surface area contributed by atoms with E-state index < -0.39 is 0 Å². The molecule has 7 heteroatoms. The molecule has 28 heavy (non-hydrogen) atoms. The van der Waals surface area contributed by atoms with Gasteiger partial charge in [-0.2, -0.15) is 0 Å². The van der Waals surface area contributed by atoms with Crippen LogP contribution in [-0.4, -0.2) is 46.7 Å². The second-order valence-corrected chi connectivity index (χ2v) is 7.74. The summed E-state index contributed by atoms with van der Waals surface area (Å²) in [4.78, 5) is 19.8. The Kier molecular flexibility index (Phi) is 5.58. The summed E-state index contributed by atoms with van der Waals surface area (Å²) < 4.78 is 7.42. The first-order chi connectivity index (χ1) is 13.5. The number of para-hydroxylation sites is 2. The Hall–Kier alpha value is -2.08. The van der Waals surface area contributed by atoms with Crippen LogP contribution in [0.3, 0.4) is 0 Å². The molecule has 5 nitrogen and oxygen atoms in total. The summed E-state index contributed by atoms with van der Waals surface area (Å²) in [6.45, 7) is 4.35. The van der Waals surface area contributed by atoms with E-state index in [0.29, 0.717) is 42.8 Å². The lowest BCUT2D eigenvalue weighted by Crippen LogP contribution is -2.43. The molecule has 2 heterocycles. The molecule has 0 aliphatic carbocycles. The summed E-state index contributed by atoms with van der Waals surface area (Å²) in [5.41, 5.74) is 2.82. The molecule has 4 rings (SSSR count). The van der Waals surface area contributed by atoms with Crippen molar-refractivity contribution in [2.75, 3.05) is 26.3 Å². The Morgan fingerprint density at radius 1 is 1.14 bits per heavy atom. The monoisotopic (exact) mass is 417 g/mol. The van der Waals surface area contributed by atoms with E-state index in [-0.39, 0.29) is 11.9 Å². The SMILES string of the molecule is CC(C(=O)N1CCOCC1)n1c(Cc2ccc(Cl)c(Cl)c2)nc2ccccc21. The number of halogens is 2. The number of carbonyl (C=O) groups is 1. The molecule has 3 aromatic rings. The fourth-order valence-corrected chi connectivity index (χ4v) is 3.96. The minimum absolute atomic E-state index is 0.0850. The highest BCUT2D eigenvalue weighted by molar-refractivity contribution is 6.42. The van der Waals surface area contributed by atoms with Crippen molar-refractivity contribution >= 4 is 40.1 Å². The van der Waals surface area contributed by atoms with Gasteiger partial charge in [-0.15, -0.1) is 0 Å². The molecule has 1 aliphatic heterocycles. The first-order valence-electron chi connectivity index (χ1n) is 9.31. The van der Waals surface area contributed by atoms with Crippen LogP contribution in [0.4, 0.5) is 0 Å². The Balaban J connectivity index is 1.72. The molecule has 1 fully saturated rings. The van der Waals surface area contributed by atoms with Gasteiger partial charge in [0.25, 0.3) is 0 Å². The lowest BCUT2D eigenvalue weighted by molar-refractivity contribution is -0.138. The van der Waals surface area contributed by atoms with Gasteiger partial charge in [0.1, 0.15) is 11.9 Å². The number of imidazole rings is 1. The quantitative estimate of drug-likeness (QED) is 0.633. The second-order valence-electron chi connectivity index (χ2n) is 6.93. The molecule has 0 radical (unpaired) electrons. The van der Waals surface area contributed by atoms with Crippen molar-refractivity contribution in [2.45, 2.75) is 19.4 Å². The number of hydrogen-bond donors (Lipinski definition) is 0. The van der Waals surface area contributed by atoms with E-state index in [4.69, 9.17) is 32.9 Å². The van der Waals surface area contributed by atoms with E-state index in [9.17, 15) is 4.79 Å². The van der Waals surface area contributed by atoms with Gasteiger partial charge in [0.15, 0.2) is 0 Å². The molecule has 1 amide bonds. The van der Waals surface area contributed by atoms with Gasteiger partial charge in [0.2, 0.25) is 5.91 Å². The van der Waals surface area contributed by atoms with Crippen LogP contribution < -0.4 is 0 Å². The van der Waals surface area contributed by atoms with Crippen LogP contribution in [0, 0.1) is 0 Å². The third-order valence-electron chi connectivity index (χ3n) is 5.08. The van der Waals surface area contributed by atoms with E-state index in [1.54, 1.807) is 6.07 Å². The van der Waals surface area contributed by atoms with Crippen LogP contribution in [0.2, 0.25) is 10.0 Å². The van der Waals surface area contributed by atoms with Gasteiger partial charge < -0.3 is 14.2 Å². The fraction of sp³-hybridized carbons (Fsp3) is 0.333. The molecule has 0 saturated carbocycles. The molecular weight excluding hydrogens is 397 g/mol. The number of amides is 1. The zero-order chi connectivity index (χ0) is 19.7. The number of morpholine rings is 1. The zero-order valence-electron chi connectivity index (χ0n) is 15.6. The summed E-state index contributed by atoms with van der Waals surface area (Å²) in [7, 11) is 0. The lowest BCUT2D eigenvalue weighted by Gasteiger charge is -2.30. The van der Waals surface area contributed by atoms with Gasteiger partial charge in [-0.3, -0.25) is 4.79 Å². The lowest BCUT2D eigenvalue weighted by atomic mass is 10.1. The Bertz CT molecular complexity index is 1010. The van der Waals surface area contributed by atoms with E-state index in [1.165, 1.54) is 0 Å². The smallest absolute Gasteiger partial charge is 0.245 e. The third kappa shape index (κ3) is 3.75. The summed E-state index contributed by atoms with van der Waals surface area (Å²) in [5, 5.41) is 1.04. The van der Waals surface area contributed by atoms with Gasteiger partial charge in [-0.25, -0.2) is 4.98 Å². The maximum Gasteiger partial charge on any atom is 0.245 e. The Morgan fingerprint density at radius 2 is 1.89 bits per heavy atom. The third-order valence-corrected chi connectivity index (χ3v) is 5.82. The van der Waals surface area contributed by atoms with Crippen LogP contribution in [-0.2, 0) is 16.0 Å². The van der Waals surface area contributed by atoms with Gasteiger partial charge in [-0.1, -0.05) is 41.4 Å². The molecule has 2 aromatic carbocycles. The summed E-state index contributed by atoms with van der Waals surface area (Å²) in [6, 6.07) is 13.1. The zero-order valence-corrected chi connectivity index (χ0v) is 17.1. The van der Waals surface area contributed by atoms with Crippen LogP contribution >= 0.6 is 23.2 Å². The maximum absolute atomic E-state index is 13.1. The summed E-state index contributed by atoms with van der Waals surface area (Å²) >= 11 is 12.2. The molecule has 0 N–H and O–H groups in total.